The summed E-state index contributed by atoms with van der Waals surface area (Å²) in [5, 5.41) is 3.36. The number of piperazine rings is 1. The molecule has 1 amide bonds. The second kappa shape index (κ2) is 9.59. The fraction of sp³-hybridized carbons (Fsp3) is 0.269. The first-order chi connectivity index (χ1) is 14.7. The number of carbonyl (C=O) groups is 1. The van der Waals surface area contributed by atoms with E-state index in [1.807, 2.05) is 48.2 Å². The van der Waals surface area contributed by atoms with Crippen LogP contribution in [0.15, 0.2) is 84.9 Å². The van der Waals surface area contributed by atoms with E-state index in [4.69, 9.17) is 0 Å². The van der Waals surface area contributed by atoms with Gasteiger partial charge in [0.15, 0.2) is 0 Å². The van der Waals surface area contributed by atoms with Gasteiger partial charge in [0.1, 0.15) is 6.04 Å². The molecule has 1 saturated heterocycles. The highest BCUT2D eigenvalue weighted by Gasteiger charge is 2.24. The Morgan fingerprint density at radius 1 is 0.800 bits per heavy atom. The zero-order valence-corrected chi connectivity index (χ0v) is 17.5. The van der Waals surface area contributed by atoms with Crippen molar-refractivity contribution in [3.05, 3.63) is 90.5 Å². The maximum absolute atomic E-state index is 12.9. The number of carbonyl (C=O) groups excluding carboxylic acids is 1. The smallest absolute Gasteiger partial charge is 0.244 e. The highest BCUT2D eigenvalue weighted by atomic mass is 16.2. The van der Waals surface area contributed by atoms with E-state index in [9.17, 15) is 4.79 Å². The van der Waals surface area contributed by atoms with Crippen molar-refractivity contribution < 1.29 is 4.79 Å². The number of amides is 1. The Labute approximate surface area is 179 Å². The molecule has 4 nitrogen and oxygen atoms in total. The van der Waals surface area contributed by atoms with E-state index in [-0.39, 0.29) is 11.9 Å². The normalized spacial score (nSPS) is 15.6. The zero-order valence-electron chi connectivity index (χ0n) is 17.5. The molecule has 3 aromatic rings. The SMILES string of the molecule is C[C@@H](Nc1ccc(-c2ccccc2)cc1)C(=O)N1CCN(Cc2ccccc2)CC1. The number of rotatable bonds is 6. The van der Waals surface area contributed by atoms with Crippen LogP contribution in [-0.4, -0.2) is 47.9 Å². The lowest BCUT2D eigenvalue weighted by atomic mass is 10.1. The van der Waals surface area contributed by atoms with Gasteiger partial charge >= 0.3 is 0 Å². The Bertz CT molecular complexity index is 933. The lowest BCUT2D eigenvalue weighted by molar-refractivity contribution is -0.133. The van der Waals surface area contributed by atoms with Crippen LogP contribution in [0.25, 0.3) is 11.1 Å². The van der Waals surface area contributed by atoms with Crippen molar-refractivity contribution in [2.45, 2.75) is 19.5 Å². The third kappa shape index (κ3) is 5.08. The van der Waals surface area contributed by atoms with Crippen molar-refractivity contribution in [1.82, 2.24) is 9.80 Å². The molecule has 3 aromatic carbocycles. The van der Waals surface area contributed by atoms with Crippen molar-refractivity contribution in [2.75, 3.05) is 31.5 Å². The van der Waals surface area contributed by atoms with Gasteiger partial charge in [-0.1, -0.05) is 72.8 Å². The minimum Gasteiger partial charge on any atom is -0.374 e. The third-order valence-corrected chi connectivity index (χ3v) is 5.68. The van der Waals surface area contributed by atoms with Crippen LogP contribution in [0.5, 0.6) is 0 Å². The summed E-state index contributed by atoms with van der Waals surface area (Å²) < 4.78 is 0. The molecule has 1 N–H and O–H groups in total. The predicted molar refractivity (Wildman–Crippen MR) is 123 cm³/mol. The van der Waals surface area contributed by atoms with Crippen molar-refractivity contribution in [1.29, 1.82) is 0 Å². The summed E-state index contributed by atoms with van der Waals surface area (Å²) in [6, 6.07) is 28.9. The first kappa shape index (κ1) is 20.2. The van der Waals surface area contributed by atoms with Crippen LogP contribution in [-0.2, 0) is 11.3 Å². The summed E-state index contributed by atoms with van der Waals surface area (Å²) in [5.74, 6) is 0.168. The lowest BCUT2D eigenvalue weighted by Gasteiger charge is -2.36. The van der Waals surface area contributed by atoms with Crippen LogP contribution in [0.4, 0.5) is 5.69 Å². The molecule has 0 bridgehead atoms. The van der Waals surface area contributed by atoms with Gasteiger partial charge in [0.05, 0.1) is 0 Å². The molecular formula is C26H29N3O. The Morgan fingerprint density at radius 3 is 2.00 bits per heavy atom. The van der Waals surface area contributed by atoms with Gasteiger partial charge in [-0.05, 0) is 35.7 Å². The molecule has 0 spiro atoms. The number of nitrogens with one attached hydrogen (secondary N) is 1. The van der Waals surface area contributed by atoms with Gasteiger partial charge in [-0.2, -0.15) is 0 Å². The highest BCUT2D eigenvalue weighted by Crippen LogP contribution is 2.21. The van der Waals surface area contributed by atoms with E-state index in [0.29, 0.717) is 0 Å². The van der Waals surface area contributed by atoms with E-state index in [1.54, 1.807) is 0 Å². The molecule has 1 aliphatic rings. The highest BCUT2D eigenvalue weighted by molar-refractivity contribution is 5.84. The Balaban J connectivity index is 1.28. The van der Waals surface area contributed by atoms with Crippen molar-refractivity contribution >= 4 is 11.6 Å². The summed E-state index contributed by atoms with van der Waals surface area (Å²) in [7, 11) is 0. The first-order valence-corrected chi connectivity index (χ1v) is 10.7. The molecule has 1 aliphatic heterocycles. The number of benzene rings is 3. The van der Waals surface area contributed by atoms with Crippen LogP contribution in [0, 0.1) is 0 Å². The number of anilines is 1. The lowest BCUT2D eigenvalue weighted by Crippen LogP contribution is -2.51. The average Bonchev–Trinajstić information content (AvgIpc) is 2.81. The molecule has 0 unspecified atom stereocenters. The van der Waals surface area contributed by atoms with Crippen LogP contribution in [0.3, 0.4) is 0 Å². The maximum atomic E-state index is 12.9. The Kier molecular flexibility index (Phi) is 6.45. The molecule has 0 aliphatic carbocycles. The average molecular weight is 400 g/mol. The van der Waals surface area contributed by atoms with Crippen LogP contribution < -0.4 is 5.32 Å². The van der Waals surface area contributed by atoms with Gasteiger partial charge in [-0.3, -0.25) is 9.69 Å². The third-order valence-electron chi connectivity index (χ3n) is 5.68. The van der Waals surface area contributed by atoms with Gasteiger partial charge in [-0.15, -0.1) is 0 Å². The molecule has 0 aromatic heterocycles. The summed E-state index contributed by atoms with van der Waals surface area (Å²) in [4.78, 5) is 17.3. The van der Waals surface area contributed by atoms with Crippen molar-refractivity contribution in [3.8, 4) is 11.1 Å². The molecule has 0 radical (unpaired) electrons. The van der Waals surface area contributed by atoms with E-state index in [0.717, 1.165) is 38.4 Å². The largest absolute Gasteiger partial charge is 0.374 e. The molecule has 4 rings (SSSR count). The molecule has 1 heterocycles. The quantitative estimate of drug-likeness (QED) is 0.663. The summed E-state index contributed by atoms with van der Waals surface area (Å²) in [6.07, 6.45) is 0. The fourth-order valence-corrected chi connectivity index (χ4v) is 3.94. The van der Waals surface area contributed by atoms with E-state index in [2.05, 4.69) is 58.7 Å². The monoisotopic (exact) mass is 399 g/mol. The van der Waals surface area contributed by atoms with Crippen molar-refractivity contribution in [2.24, 2.45) is 0 Å². The molecule has 30 heavy (non-hydrogen) atoms. The van der Waals surface area contributed by atoms with Gasteiger partial charge in [0.25, 0.3) is 0 Å². The minimum atomic E-state index is -0.242. The van der Waals surface area contributed by atoms with Crippen LogP contribution >= 0.6 is 0 Å². The topological polar surface area (TPSA) is 35.6 Å². The molecule has 154 valence electrons. The van der Waals surface area contributed by atoms with Crippen molar-refractivity contribution in [3.63, 3.8) is 0 Å². The van der Waals surface area contributed by atoms with Gasteiger partial charge in [0.2, 0.25) is 5.91 Å². The number of hydrogen-bond donors (Lipinski definition) is 1. The second-order valence-electron chi connectivity index (χ2n) is 7.90. The summed E-state index contributed by atoms with van der Waals surface area (Å²) in [5.41, 5.74) is 4.67. The summed E-state index contributed by atoms with van der Waals surface area (Å²) in [6.45, 7) is 6.29. The molecular weight excluding hydrogens is 370 g/mol. The van der Waals surface area contributed by atoms with Crippen LogP contribution in [0.1, 0.15) is 12.5 Å². The molecule has 1 atom stereocenters. The second-order valence-corrected chi connectivity index (χ2v) is 7.90. The maximum Gasteiger partial charge on any atom is 0.244 e. The molecule has 0 saturated carbocycles. The standard InChI is InChI=1S/C26H29N3O/c1-21(27-25-14-12-24(13-15-25)23-10-6-3-7-11-23)26(30)29-18-16-28(17-19-29)20-22-8-4-2-5-9-22/h2-15,21,27H,16-20H2,1H3/t21-/m1/s1. The van der Waals surface area contributed by atoms with Gasteiger partial charge in [0, 0.05) is 38.4 Å². The first-order valence-electron chi connectivity index (χ1n) is 10.7. The minimum absolute atomic E-state index is 0.168. The fourth-order valence-electron chi connectivity index (χ4n) is 3.94. The van der Waals surface area contributed by atoms with E-state index >= 15 is 0 Å². The van der Waals surface area contributed by atoms with Gasteiger partial charge < -0.3 is 10.2 Å². The zero-order chi connectivity index (χ0) is 20.8. The Hall–Kier alpha value is -3.11. The predicted octanol–water partition coefficient (Wildman–Crippen LogP) is 4.50. The number of hydrogen-bond acceptors (Lipinski definition) is 3. The van der Waals surface area contributed by atoms with E-state index in [1.165, 1.54) is 16.7 Å². The van der Waals surface area contributed by atoms with E-state index < -0.39 is 0 Å². The summed E-state index contributed by atoms with van der Waals surface area (Å²) >= 11 is 0. The molecule has 1 fully saturated rings. The molecule has 4 heteroatoms. The van der Waals surface area contributed by atoms with Gasteiger partial charge in [-0.25, -0.2) is 0 Å². The van der Waals surface area contributed by atoms with Crippen LogP contribution in [0.2, 0.25) is 0 Å². The Morgan fingerprint density at radius 2 is 1.37 bits per heavy atom. The number of nitrogens with zero attached hydrogens (tertiary/aromatic N) is 2.